The smallest absolute Gasteiger partial charge is 0.267 e. The minimum atomic E-state index is -0.0909. The molecule has 76 valence electrons. The highest BCUT2D eigenvalue weighted by Gasteiger charge is 2.08. The van der Waals surface area contributed by atoms with Crippen LogP contribution in [0, 0.1) is 13.8 Å². The number of nitrogens with zero attached hydrogens (tertiary/aromatic N) is 2. The van der Waals surface area contributed by atoms with Gasteiger partial charge in [-0.3, -0.25) is 4.79 Å². The predicted octanol–water partition coefficient (Wildman–Crippen LogP) is 2.19. The largest absolute Gasteiger partial charge is 0.278 e. The molecule has 0 spiro atoms. The molecule has 3 heteroatoms. The van der Waals surface area contributed by atoms with Crippen LogP contribution < -0.4 is 0 Å². The van der Waals surface area contributed by atoms with E-state index in [0.29, 0.717) is 5.56 Å². The average molecular weight is 200 g/mol. The highest BCUT2D eigenvalue weighted by molar-refractivity contribution is 5.95. The zero-order valence-electron chi connectivity index (χ0n) is 8.77. The summed E-state index contributed by atoms with van der Waals surface area (Å²) in [7, 11) is 0. The van der Waals surface area contributed by atoms with Crippen molar-refractivity contribution < 1.29 is 4.79 Å². The van der Waals surface area contributed by atoms with Gasteiger partial charge in [0.25, 0.3) is 5.91 Å². The quantitative estimate of drug-likeness (QED) is 0.707. The van der Waals surface area contributed by atoms with Crippen molar-refractivity contribution in [2.45, 2.75) is 13.8 Å². The lowest BCUT2D eigenvalue weighted by Crippen LogP contribution is -2.12. The lowest BCUT2D eigenvalue weighted by Gasteiger charge is -2.01. The van der Waals surface area contributed by atoms with Crippen LogP contribution in [0.4, 0.5) is 0 Å². The summed E-state index contributed by atoms with van der Waals surface area (Å²) in [5.41, 5.74) is 2.58. The minimum Gasteiger partial charge on any atom is -0.267 e. The van der Waals surface area contributed by atoms with Crippen molar-refractivity contribution in [1.29, 1.82) is 0 Å². The highest BCUT2D eigenvalue weighted by atomic mass is 16.2. The van der Waals surface area contributed by atoms with E-state index in [2.05, 4.69) is 5.10 Å². The van der Waals surface area contributed by atoms with E-state index in [1.54, 1.807) is 12.3 Å². The van der Waals surface area contributed by atoms with E-state index in [-0.39, 0.29) is 5.91 Å². The molecule has 1 aromatic carbocycles. The number of hydrogen-bond donors (Lipinski definition) is 0. The van der Waals surface area contributed by atoms with Crippen LogP contribution in [-0.4, -0.2) is 15.7 Å². The molecule has 1 aromatic heterocycles. The topological polar surface area (TPSA) is 34.9 Å². The number of carbonyl (C=O) groups excluding carboxylic acids is 1. The maximum Gasteiger partial charge on any atom is 0.278 e. The lowest BCUT2D eigenvalue weighted by molar-refractivity contribution is 0.0944. The van der Waals surface area contributed by atoms with Gasteiger partial charge in [0.15, 0.2) is 0 Å². The zero-order valence-corrected chi connectivity index (χ0v) is 8.77. The summed E-state index contributed by atoms with van der Waals surface area (Å²) in [5, 5.41) is 4.08. The van der Waals surface area contributed by atoms with Crippen LogP contribution in [0.15, 0.2) is 36.5 Å². The molecule has 15 heavy (non-hydrogen) atoms. The van der Waals surface area contributed by atoms with Gasteiger partial charge >= 0.3 is 0 Å². The number of rotatable bonds is 1. The second-order valence-corrected chi connectivity index (χ2v) is 3.58. The molecule has 0 saturated carbocycles. The molecule has 0 aliphatic rings. The lowest BCUT2D eigenvalue weighted by atomic mass is 10.1. The minimum absolute atomic E-state index is 0.0909. The van der Waals surface area contributed by atoms with Gasteiger partial charge in [0.2, 0.25) is 0 Å². The van der Waals surface area contributed by atoms with Crippen LogP contribution in [-0.2, 0) is 0 Å². The molecule has 2 rings (SSSR count). The summed E-state index contributed by atoms with van der Waals surface area (Å²) in [6, 6.07) is 9.31. The van der Waals surface area contributed by atoms with Crippen LogP contribution in [0.2, 0.25) is 0 Å². The van der Waals surface area contributed by atoms with Crippen LogP contribution in [0.3, 0.4) is 0 Å². The second-order valence-electron chi connectivity index (χ2n) is 3.58. The van der Waals surface area contributed by atoms with E-state index in [4.69, 9.17) is 0 Å². The second kappa shape index (κ2) is 3.69. The van der Waals surface area contributed by atoms with E-state index >= 15 is 0 Å². The first-order chi connectivity index (χ1) is 7.16. The first-order valence-corrected chi connectivity index (χ1v) is 4.80. The molecule has 0 amide bonds. The Hall–Kier alpha value is -1.90. The maximum absolute atomic E-state index is 11.9. The fourth-order valence-electron chi connectivity index (χ4n) is 1.44. The van der Waals surface area contributed by atoms with E-state index in [9.17, 15) is 4.79 Å². The SMILES string of the molecule is Cc1cccc(C(=O)n2ccc(C)n2)c1. The van der Waals surface area contributed by atoms with Crippen molar-refractivity contribution in [3.05, 3.63) is 53.3 Å². The maximum atomic E-state index is 11.9. The van der Waals surface area contributed by atoms with E-state index < -0.39 is 0 Å². The molecule has 0 bridgehead atoms. The van der Waals surface area contributed by atoms with E-state index in [1.807, 2.05) is 38.1 Å². The Morgan fingerprint density at radius 2 is 2.07 bits per heavy atom. The van der Waals surface area contributed by atoms with Crippen molar-refractivity contribution >= 4 is 5.91 Å². The number of benzene rings is 1. The summed E-state index contributed by atoms with van der Waals surface area (Å²) in [6.45, 7) is 3.82. The standard InChI is InChI=1S/C12H12N2O/c1-9-4-3-5-11(8-9)12(15)14-7-6-10(2)13-14/h3-8H,1-2H3. The fourth-order valence-corrected chi connectivity index (χ4v) is 1.44. The molecular formula is C12H12N2O. The molecule has 0 fully saturated rings. The van der Waals surface area contributed by atoms with Crippen LogP contribution in [0.1, 0.15) is 21.6 Å². The van der Waals surface area contributed by atoms with Crippen LogP contribution in [0.5, 0.6) is 0 Å². The third-order valence-corrected chi connectivity index (χ3v) is 2.20. The van der Waals surface area contributed by atoms with Crippen LogP contribution >= 0.6 is 0 Å². The summed E-state index contributed by atoms with van der Waals surface area (Å²) in [6.07, 6.45) is 1.68. The average Bonchev–Trinajstić information content (AvgIpc) is 2.64. The zero-order chi connectivity index (χ0) is 10.8. The summed E-state index contributed by atoms with van der Waals surface area (Å²) < 4.78 is 1.37. The first kappa shape index (κ1) is 9.65. The summed E-state index contributed by atoms with van der Waals surface area (Å²) in [5.74, 6) is -0.0909. The Kier molecular flexibility index (Phi) is 2.37. The van der Waals surface area contributed by atoms with E-state index in [0.717, 1.165) is 11.3 Å². The molecule has 0 atom stereocenters. The Bertz CT molecular complexity index is 500. The van der Waals surface area contributed by atoms with Gasteiger partial charge in [-0.1, -0.05) is 17.7 Å². The molecule has 0 N–H and O–H groups in total. The Balaban J connectivity index is 2.36. The number of hydrogen-bond acceptors (Lipinski definition) is 2. The molecule has 0 aliphatic heterocycles. The van der Waals surface area contributed by atoms with Gasteiger partial charge in [-0.15, -0.1) is 0 Å². The van der Waals surface area contributed by atoms with E-state index in [1.165, 1.54) is 4.68 Å². The normalized spacial score (nSPS) is 10.3. The first-order valence-electron chi connectivity index (χ1n) is 4.80. The molecule has 1 heterocycles. The molecule has 2 aromatic rings. The van der Waals surface area contributed by atoms with Gasteiger partial charge in [0.05, 0.1) is 5.69 Å². The predicted molar refractivity (Wildman–Crippen MR) is 57.9 cm³/mol. The molecule has 0 radical (unpaired) electrons. The van der Waals surface area contributed by atoms with Crippen molar-refractivity contribution in [3.8, 4) is 0 Å². The van der Waals surface area contributed by atoms with Crippen molar-refractivity contribution in [2.24, 2.45) is 0 Å². The molecule has 3 nitrogen and oxygen atoms in total. The molecular weight excluding hydrogens is 188 g/mol. The Labute approximate surface area is 88.4 Å². The Morgan fingerprint density at radius 3 is 2.67 bits per heavy atom. The van der Waals surface area contributed by atoms with Gasteiger partial charge in [-0.25, -0.2) is 4.68 Å². The van der Waals surface area contributed by atoms with Crippen LogP contribution in [0.25, 0.3) is 0 Å². The summed E-state index contributed by atoms with van der Waals surface area (Å²) in [4.78, 5) is 11.9. The fraction of sp³-hybridized carbons (Fsp3) is 0.167. The molecule has 0 aliphatic carbocycles. The third-order valence-electron chi connectivity index (χ3n) is 2.20. The van der Waals surface area contributed by atoms with Gasteiger partial charge in [0.1, 0.15) is 0 Å². The van der Waals surface area contributed by atoms with Gasteiger partial charge < -0.3 is 0 Å². The Morgan fingerprint density at radius 1 is 1.27 bits per heavy atom. The van der Waals surface area contributed by atoms with Gasteiger partial charge in [0, 0.05) is 11.8 Å². The molecule has 0 unspecified atom stereocenters. The van der Waals surface area contributed by atoms with Crippen molar-refractivity contribution in [1.82, 2.24) is 9.78 Å². The highest BCUT2D eigenvalue weighted by Crippen LogP contribution is 2.06. The number of aromatic nitrogens is 2. The van der Waals surface area contributed by atoms with Crippen molar-refractivity contribution in [3.63, 3.8) is 0 Å². The van der Waals surface area contributed by atoms with Gasteiger partial charge in [-0.2, -0.15) is 5.10 Å². The molecule has 0 saturated heterocycles. The summed E-state index contributed by atoms with van der Waals surface area (Å²) >= 11 is 0. The number of aryl methyl sites for hydroxylation is 2. The van der Waals surface area contributed by atoms with Gasteiger partial charge in [-0.05, 0) is 32.0 Å². The van der Waals surface area contributed by atoms with Crippen molar-refractivity contribution in [2.75, 3.05) is 0 Å². The third kappa shape index (κ3) is 1.96. The number of carbonyl (C=O) groups is 1. The monoisotopic (exact) mass is 200 g/mol.